The Morgan fingerprint density at radius 1 is 0.621 bits per heavy atom. The van der Waals surface area contributed by atoms with E-state index in [1.165, 1.54) is 44.9 Å². The van der Waals surface area contributed by atoms with Gasteiger partial charge in [-0.15, -0.1) is 0 Å². The first-order valence-corrected chi connectivity index (χ1v) is 11.1. The van der Waals surface area contributed by atoms with Crippen LogP contribution in [-0.2, 0) is 0 Å². The zero-order chi connectivity index (χ0) is 20.9. The van der Waals surface area contributed by atoms with E-state index in [0.29, 0.717) is 13.1 Å². The second kappa shape index (κ2) is 18.0. The number of hydrogen-bond acceptors (Lipinski definition) is 3. The monoisotopic (exact) mass is 459 g/mol. The SMILES string of the molecule is CCCCCCCCCCN(CC(O)C[N+](C)(C)C)CC(O)C[N+](C)(C)C.[Cl-].[Cl-]. The molecule has 0 aliphatic heterocycles. The molecule has 29 heavy (non-hydrogen) atoms. The molecule has 0 saturated carbocycles. The first kappa shape index (κ1) is 34.0. The molecule has 0 aliphatic rings. The first-order chi connectivity index (χ1) is 12.4. The highest BCUT2D eigenvalue weighted by atomic mass is 35.5. The smallest absolute Gasteiger partial charge is 0.115 e. The van der Waals surface area contributed by atoms with Gasteiger partial charge in [-0.2, -0.15) is 0 Å². The molecule has 2 unspecified atom stereocenters. The number of aliphatic hydroxyl groups is 2. The van der Waals surface area contributed by atoms with Crippen LogP contribution in [-0.4, -0.2) is 111 Å². The van der Waals surface area contributed by atoms with Gasteiger partial charge in [0, 0.05) is 13.1 Å². The number of quaternary nitrogens is 2. The second-order valence-electron chi connectivity index (χ2n) is 10.5. The van der Waals surface area contributed by atoms with Crippen LogP contribution < -0.4 is 24.8 Å². The standard InChI is InChI=1S/C22H51N3O2.2ClH/c1-8-9-10-11-12-13-14-15-16-23(17-21(26)19-24(2,3)4)18-22(27)20-25(5,6)7;;/h21-22,26-27H,8-20H2,1-7H3;2*1H/q+2;;/p-2. The van der Waals surface area contributed by atoms with Gasteiger partial charge < -0.3 is 44.0 Å². The number of halogens is 2. The molecule has 0 bridgehead atoms. The van der Waals surface area contributed by atoms with E-state index in [1.807, 2.05) is 0 Å². The van der Waals surface area contributed by atoms with E-state index in [4.69, 9.17) is 0 Å². The molecule has 2 atom stereocenters. The average molecular weight is 461 g/mol. The Labute approximate surface area is 194 Å². The summed E-state index contributed by atoms with van der Waals surface area (Å²) in [5.41, 5.74) is 0. The van der Waals surface area contributed by atoms with Crippen LogP contribution in [0.5, 0.6) is 0 Å². The van der Waals surface area contributed by atoms with Crippen molar-refractivity contribution in [3.8, 4) is 0 Å². The van der Waals surface area contributed by atoms with Gasteiger partial charge in [-0.25, -0.2) is 0 Å². The van der Waals surface area contributed by atoms with Crippen molar-refractivity contribution in [2.75, 3.05) is 75.0 Å². The fraction of sp³-hybridized carbons (Fsp3) is 1.00. The summed E-state index contributed by atoms with van der Waals surface area (Å²) in [5, 5.41) is 21.0. The molecule has 0 fully saturated rings. The lowest BCUT2D eigenvalue weighted by atomic mass is 10.1. The highest BCUT2D eigenvalue weighted by molar-refractivity contribution is 4.69. The molecule has 0 aromatic carbocycles. The van der Waals surface area contributed by atoms with Gasteiger partial charge in [-0.05, 0) is 13.0 Å². The number of likely N-dealkylation sites (N-methyl/N-ethyl adjacent to an activating group) is 2. The maximum absolute atomic E-state index is 10.5. The zero-order valence-electron chi connectivity index (χ0n) is 20.3. The van der Waals surface area contributed by atoms with E-state index < -0.39 is 0 Å². The predicted molar refractivity (Wildman–Crippen MR) is 117 cm³/mol. The minimum absolute atomic E-state index is 0. The Morgan fingerprint density at radius 2 is 0.966 bits per heavy atom. The number of unbranched alkanes of at least 4 members (excludes halogenated alkanes) is 7. The maximum Gasteiger partial charge on any atom is 0.115 e. The van der Waals surface area contributed by atoms with Crippen LogP contribution in [0.2, 0.25) is 0 Å². The van der Waals surface area contributed by atoms with Crippen molar-refractivity contribution >= 4 is 0 Å². The van der Waals surface area contributed by atoms with E-state index in [1.54, 1.807) is 0 Å². The molecule has 5 nitrogen and oxygen atoms in total. The predicted octanol–water partition coefficient (Wildman–Crippen LogP) is -3.43. The highest BCUT2D eigenvalue weighted by Crippen LogP contribution is 2.10. The Bertz CT molecular complexity index is 337. The molecule has 180 valence electrons. The lowest BCUT2D eigenvalue weighted by molar-refractivity contribution is -0.873. The quantitative estimate of drug-likeness (QED) is 0.176. The molecule has 0 radical (unpaired) electrons. The van der Waals surface area contributed by atoms with Crippen LogP contribution in [0.25, 0.3) is 0 Å². The van der Waals surface area contributed by atoms with Gasteiger partial charge in [-0.3, -0.25) is 4.90 Å². The van der Waals surface area contributed by atoms with Crippen molar-refractivity contribution < 1.29 is 44.0 Å². The number of nitrogens with zero attached hydrogens (tertiary/aromatic N) is 3. The minimum Gasteiger partial charge on any atom is -1.00 e. The fourth-order valence-corrected chi connectivity index (χ4v) is 3.70. The van der Waals surface area contributed by atoms with E-state index in [2.05, 4.69) is 54.1 Å². The molecule has 0 heterocycles. The largest absolute Gasteiger partial charge is 1.00 e. The molecule has 0 amide bonds. The fourth-order valence-electron chi connectivity index (χ4n) is 3.70. The lowest BCUT2D eigenvalue weighted by Gasteiger charge is -2.33. The van der Waals surface area contributed by atoms with E-state index in [0.717, 1.165) is 35.0 Å². The van der Waals surface area contributed by atoms with Crippen molar-refractivity contribution in [1.82, 2.24) is 4.90 Å². The summed E-state index contributed by atoms with van der Waals surface area (Å²) in [6, 6.07) is 0. The third kappa shape index (κ3) is 24.5. The molecule has 0 saturated heterocycles. The van der Waals surface area contributed by atoms with Gasteiger partial charge in [0.25, 0.3) is 0 Å². The van der Waals surface area contributed by atoms with Crippen molar-refractivity contribution in [1.29, 1.82) is 0 Å². The van der Waals surface area contributed by atoms with E-state index in [-0.39, 0.29) is 37.0 Å². The third-order valence-electron chi connectivity index (χ3n) is 4.78. The van der Waals surface area contributed by atoms with Crippen molar-refractivity contribution in [3.05, 3.63) is 0 Å². The number of aliphatic hydroxyl groups excluding tert-OH is 2. The Kier molecular flexibility index (Phi) is 21.1. The topological polar surface area (TPSA) is 43.7 Å². The van der Waals surface area contributed by atoms with Gasteiger partial charge in [0.2, 0.25) is 0 Å². The minimum atomic E-state index is -0.352. The third-order valence-corrected chi connectivity index (χ3v) is 4.78. The van der Waals surface area contributed by atoms with Crippen LogP contribution in [0.1, 0.15) is 58.3 Å². The summed E-state index contributed by atoms with van der Waals surface area (Å²) in [4.78, 5) is 2.28. The Morgan fingerprint density at radius 3 is 1.31 bits per heavy atom. The van der Waals surface area contributed by atoms with Gasteiger partial charge in [0.15, 0.2) is 0 Å². The molecular formula is C22H51Cl2N3O2. The summed E-state index contributed by atoms with van der Waals surface area (Å²) in [7, 11) is 12.7. The molecule has 0 spiro atoms. The van der Waals surface area contributed by atoms with Crippen LogP contribution in [0.15, 0.2) is 0 Å². The van der Waals surface area contributed by atoms with E-state index >= 15 is 0 Å². The first-order valence-electron chi connectivity index (χ1n) is 11.1. The normalized spacial score (nSPS) is 14.3. The Balaban J connectivity index is -0.00000338. The van der Waals surface area contributed by atoms with Gasteiger partial charge >= 0.3 is 0 Å². The summed E-state index contributed by atoms with van der Waals surface area (Å²) >= 11 is 0. The Hall–Kier alpha value is 0.380. The van der Waals surface area contributed by atoms with Crippen molar-refractivity contribution in [2.45, 2.75) is 70.5 Å². The van der Waals surface area contributed by atoms with Crippen LogP contribution in [0.4, 0.5) is 0 Å². The van der Waals surface area contributed by atoms with Crippen LogP contribution >= 0.6 is 0 Å². The molecule has 7 heteroatoms. The van der Waals surface area contributed by atoms with Crippen molar-refractivity contribution in [3.63, 3.8) is 0 Å². The summed E-state index contributed by atoms with van der Waals surface area (Å²) in [6.07, 6.45) is 9.75. The summed E-state index contributed by atoms with van der Waals surface area (Å²) in [6.45, 7) is 6.01. The van der Waals surface area contributed by atoms with E-state index in [9.17, 15) is 10.2 Å². The molecule has 0 rings (SSSR count). The zero-order valence-corrected chi connectivity index (χ0v) is 21.9. The molecule has 0 aromatic heterocycles. The van der Waals surface area contributed by atoms with Crippen molar-refractivity contribution in [2.24, 2.45) is 0 Å². The maximum atomic E-state index is 10.5. The summed E-state index contributed by atoms with van der Waals surface area (Å²) in [5.74, 6) is 0. The lowest BCUT2D eigenvalue weighted by Crippen LogP contribution is -3.00. The van der Waals surface area contributed by atoms with Gasteiger partial charge in [-0.1, -0.05) is 51.9 Å². The number of hydrogen-bond donors (Lipinski definition) is 2. The van der Waals surface area contributed by atoms with Gasteiger partial charge in [0.05, 0.1) is 42.3 Å². The van der Waals surface area contributed by atoms with Crippen LogP contribution in [0.3, 0.4) is 0 Å². The number of rotatable bonds is 17. The second-order valence-corrected chi connectivity index (χ2v) is 10.5. The molecular weight excluding hydrogens is 409 g/mol. The van der Waals surface area contributed by atoms with Crippen LogP contribution in [0, 0.1) is 0 Å². The molecule has 0 aliphatic carbocycles. The molecule has 2 N–H and O–H groups in total. The molecule has 0 aromatic rings. The summed E-state index contributed by atoms with van der Waals surface area (Å²) < 4.78 is 1.52. The average Bonchev–Trinajstić information content (AvgIpc) is 2.45. The highest BCUT2D eigenvalue weighted by Gasteiger charge is 2.22. The van der Waals surface area contributed by atoms with Gasteiger partial charge in [0.1, 0.15) is 25.3 Å².